The second-order valence-electron chi connectivity index (χ2n) is 6.52. The first-order chi connectivity index (χ1) is 14.6. The first-order valence-electron chi connectivity index (χ1n) is 9.51. The minimum Gasteiger partial charge on any atom is -0.486 e. The fraction of sp³-hybridized carbons (Fsp3) is 0.286. The second kappa shape index (κ2) is 9.40. The standard InChI is InChI=1S/C21H20ClN3O4S/c1-2-25(12-15-4-3-5-17-19(15)28-11-10-27-17)18(26)13-30-21-24-23-20(29-21)14-6-8-16(22)9-7-14/h3-9H,2,10-13H2,1H3. The average molecular weight is 446 g/mol. The van der Waals surface area contributed by atoms with E-state index in [-0.39, 0.29) is 11.7 Å². The van der Waals surface area contributed by atoms with Gasteiger partial charge < -0.3 is 18.8 Å². The molecule has 0 saturated heterocycles. The van der Waals surface area contributed by atoms with E-state index in [1.54, 1.807) is 29.2 Å². The van der Waals surface area contributed by atoms with Gasteiger partial charge in [-0.25, -0.2) is 0 Å². The molecule has 0 fully saturated rings. The molecule has 1 amide bonds. The summed E-state index contributed by atoms with van der Waals surface area (Å²) in [6.07, 6.45) is 0. The van der Waals surface area contributed by atoms with Gasteiger partial charge in [0.15, 0.2) is 11.5 Å². The number of nitrogens with zero attached hydrogens (tertiary/aromatic N) is 3. The molecule has 2 aromatic carbocycles. The molecule has 0 aliphatic carbocycles. The minimum atomic E-state index is -0.0249. The molecule has 0 radical (unpaired) electrons. The van der Waals surface area contributed by atoms with Crippen LogP contribution in [-0.2, 0) is 11.3 Å². The van der Waals surface area contributed by atoms with Crippen LogP contribution in [0.4, 0.5) is 0 Å². The molecular weight excluding hydrogens is 426 g/mol. The van der Waals surface area contributed by atoms with Crippen LogP contribution in [0, 0.1) is 0 Å². The van der Waals surface area contributed by atoms with Gasteiger partial charge in [0, 0.05) is 29.2 Å². The van der Waals surface area contributed by atoms with E-state index in [0.29, 0.717) is 48.2 Å². The Morgan fingerprint density at radius 3 is 2.73 bits per heavy atom. The normalized spacial score (nSPS) is 12.6. The number of carbonyl (C=O) groups is 1. The van der Waals surface area contributed by atoms with Gasteiger partial charge >= 0.3 is 0 Å². The van der Waals surface area contributed by atoms with Crippen LogP contribution in [0.3, 0.4) is 0 Å². The molecule has 156 valence electrons. The molecule has 0 atom stereocenters. The molecular formula is C21H20ClN3O4S. The van der Waals surface area contributed by atoms with Gasteiger partial charge in [0.2, 0.25) is 11.8 Å². The van der Waals surface area contributed by atoms with Crippen molar-refractivity contribution in [1.29, 1.82) is 0 Å². The van der Waals surface area contributed by atoms with Crippen LogP contribution < -0.4 is 9.47 Å². The van der Waals surface area contributed by atoms with Crippen LogP contribution in [0.15, 0.2) is 52.1 Å². The Balaban J connectivity index is 1.38. The van der Waals surface area contributed by atoms with E-state index in [0.717, 1.165) is 16.9 Å². The molecule has 9 heteroatoms. The number of benzene rings is 2. The molecule has 0 bridgehead atoms. The van der Waals surface area contributed by atoms with E-state index in [4.69, 9.17) is 25.5 Å². The first kappa shape index (κ1) is 20.6. The van der Waals surface area contributed by atoms with Crippen LogP contribution in [0.5, 0.6) is 11.5 Å². The van der Waals surface area contributed by atoms with E-state index < -0.39 is 0 Å². The molecule has 1 aliphatic heterocycles. The lowest BCUT2D eigenvalue weighted by atomic mass is 10.1. The monoisotopic (exact) mass is 445 g/mol. The van der Waals surface area contributed by atoms with Gasteiger partial charge in [-0.15, -0.1) is 10.2 Å². The van der Waals surface area contributed by atoms with Crippen molar-refractivity contribution < 1.29 is 18.7 Å². The van der Waals surface area contributed by atoms with Crippen LogP contribution in [0.1, 0.15) is 12.5 Å². The van der Waals surface area contributed by atoms with E-state index in [9.17, 15) is 4.79 Å². The molecule has 0 unspecified atom stereocenters. The Hall–Kier alpha value is -2.71. The number of aromatic nitrogens is 2. The molecule has 1 aromatic heterocycles. The molecule has 30 heavy (non-hydrogen) atoms. The third-order valence-electron chi connectivity index (χ3n) is 4.56. The maximum atomic E-state index is 12.8. The molecule has 7 nitrogen and oxygen atoms in total. The zero-order chi connectivity index (χ0) is 20.9. The van der Waals surface area contributed by atoms with Crippen molar-refractivity contribution in [3.8, 4) is 23.0 Å². The van der Waals surface area contributed by atoms with E-state index >= 15 is 0 Å². The lowest BCUT2D eigenvalue weighted by Crippen LogP contribution is -2.32. The molecule has 1 aliphatic rings. The Labute approximate surface area is 183 Å². The highest BCUT2D eigenvalue weighted by Gasteiger charge is 2.20. The molecule has 0 spiro atoms. The Kier molecular flexibility index (Phi) is 6.44. The fourth-order valence-corrected chi connectivity index (χ4v) is 3.82. The molecule has 2 heterocycles. The summed E-state index contributed by atoms with van der Waals surface area (Å²) >= 11 is 7.12. The van der Waals surface area contributed by atoms with Gasteiger partial charge in [-0.1, -0.05) is 35.5 Å². The number of rotatable bonds is 7. The molecule has 0 saturated carbocycles. The Morgan fingerprint density at radius 1 is 1.13 bits per heavy atom. The summed E-state index contributed by atoms with van der Waals surface area (Å²) in [4.78, 5) is 14.5. The van der Waals surface area contributed by atoms with Crippen molar-refractivity contribution in [2.24, 2.45) is 0 Å². The van der Waals surface area contributed by atoms with Gasteiger partial charge in [-0.2, -0.15) is 0 Å². The van der Waals surface area contributed by atoms with Gasteiger partial charge in [0.05, 0.1) is 5.75 Å². The summed E-state index contributed by atoms with van der Waals surface area (Å²) in [5.74, 6) is 2.00. The predicted octanol–water partition coefficient (Wildman–Crippen LogP) is 4.30. The smallest absolute Gasteiger partial charge is 0.277 e. The first-order valence-corrected chi connectivity index (χ1v) is 10.9. The van der Waals surface area contributed by atoms with Gasteiger partial charge in [0.25, 0.3) is 5.22 Å². The zero-order valence-electron chi connectivity index (χ0n) is 16.3. The number of hydrogen-bond acceptors (Lipinski definition) is 7. The van der Waals surface area contributed by atoms with Crippen molar-refractivity contribution in [2.75, 3.05) is 25.5 Å². The van der Waals surface area contributed by atoms with E-state index in [1.807, 2.05) is 25.1 Å². The van der Waals surface area contributed by atoms with Gasteiger partial charge in [-0.05, 0) is 37.3 Å². The summed E-state index contributed by atoms with van der Waals surface area (Å²) < 4.78 is 17.0. The maximum Gasteiger partial charge on any atom is 0.277 e. The Morgan fingerprint density at radius 2 is 1.93 bits per heavy atom. The van der Waals surface area contributed by atoms with Crippen molar-refractivity contribution in [2.45, 2.75) is 18.7 Å². The van der Waals surface area contributed by atoms with Crippen molar-refractivity contribution >= 4 is 29.3 Å². The topological polar surface area (TPSA) is 77.7 Å². The zero-order valence-corrected chi connectivity index (χ0v) is 17.9. The third-order valence-corrected chi connectivity index (χ3v) is 5.62. The lowest BCUT2D eigenvalue weighted by molar-refractivity contribution is -0.128. The lowest BCUT2D eigenvalue weighted by Gasteiger charge is -2.25. The molecule has 0 N–H and O–H groups in total. The summed E-state index contributed by atoms with van der Waals surface area (Å²) in [7, 11) is 0. The summed E-state index contributed by atoms with van der Waals surface area (Å²) in [5, 5.41) is 9.04. The van der Waals surface area contributed by atoms with E-state index in [1.165, 1.54) is 11.8 Å². The number of hydrogen-bond donors (Lipinski definition) is 0. The molecule has 3 aromatic rings. The number of halogens is 1. The summed E-state index contributed by atoms with van der Waals surface area (Å²) in [5.41, 5.74) is 1.70. The SMILES string of the molecule is CCN(Cc1cccc2c1OCCO2)C(=O)CSc1nnc(-c2ccc(Cl)cc2)o1. The fourth-order valence-electron chi connectivity index (χ4n) is 3.03. The summed E-state index contributed by atoms with van der Waals surface area (Å²) in [6.45, 7) is 4.01. The van der Waals surface area contributed by atoms with Crippen LogP contribution in [0.25, 0.3) is 11.5 Å². The van der Waals surface area contributed by atoms with Crippen LogP contribution in [0.2, 0.25) is 5.02 Å². The quantitative estimate of drug-likeness (QED) is 0.501. The van der Waals surface area contributed by atoms with Crippen molar-refractivity contribution in [3.63, 3.8) is 0 Å². The summed E-state index contributed by atoms with van der Waals surface area (Å²) in [6, 6.07) is 12.9. The second-order valence-corrected chi connectivity index (χ2v) is 7.88. The van der Waals surface area contributed by atoms with Crippen molar-refractivity contribution in [3.05, 3.63) is 53.1 Å². The van der Waals surface area contributed by atoms with Gasteiger partial charge in [-0.3, -0.25) is 4.79 Å². The highest BCUT2D eigenvalue weighted by atomic mass is 35.5. The Bertz CT molecular complexity index is 1030. The number of fused-ring (bicyclic) bond motifs is 1. The highest BCUT2D eigenvalue weighted by molar-refractivity contribution is 7.99. The largest absolute Gasteiger partial charge is 0.486 e. The third kappa shape index (κ3) is 4.71. The van der Waals surface area contributed by atoms with Gasteiger partial charge in [0.1, 0.15) is 13.2 Å². The minimum absolute atomic E-state index is 0.0249. The number of para-hydroxylation sites is 1. The molecule has 4 rings (SSSR count). The van der Waals surface area contributed by atoms with Crippen LogP contribution >= 0.6 is 23.4 Å². The van der Waals surface area contributed by atoms with Crippen LogP contribution in [-0.4, -0.2) is 46.5 Å². The number of ether oxygens (including phenoxy) is 2. The number of thioether (sulfide) groups is 1. The average Bonchev–Trinajstić information content (AvgIpc) is 3.25. The number of carbonyl (C=O) groups excluding carboxylic acids is 1. The number of amides is 1. The maximum absolute atomic E-state index is 12.8. The predicted molar refractivity (Wildman–Crippen MR) is 114 cm³/mol. The highest BCUT2D eigenvalue weighted by Crippen LogP contribution is 2.34. The van der Waals surface area contributed by atoms with E-state index in [2.05, 4.69) is 10.2 Å². The van der Waals surface area contributed by atoms with Crippen molar-refractivity contribution in [1.82, 2.24) is 15.1 Å².